The van der Waals surface area contributed by atoms with Gasteiger partial charge in [-0.15, -0.1) is 0 Å². The Morgan fingerprint density at radius 2 is 1.97 bits per heavy atom. The summed E-state index contributed by atoms with van der Waals surface area (Å²) in [5.74, 6) is 0.0122. The van der Waals surface area contributed by atoms with Gasteiger partial charge in [0.25, 0.3) is 11.7 Å². The minimum atomic E-state index is -0.702. The normalized spacial score (nSPS) is 20.4. The second-order valence-electron chi connectivity index (χ2n) is 9.10. The van der Waals surface area contributed by atoms with E-state index in [1.165, 1.54) is 0 Å². The summed E-state index contributed by atoms with van der Waals surface area (Å²) in [4.78, 5) is 32.1. The number of imidazole rings is 1. The molecule has 1 amide bonds. The molecule has 186 valence electrons. The molecule has 2 aliphatic rings. The number of rotatable bonds is 8. The molecule has 2 aliphatic heterocycles. The lowest BCUT2D eigenvalue weighted by Crippen LogP contribution is -2.31. The summed E-state index contributed by atoms with van der Waals surface area (Å²) in [6.45, 7) is 5.44. The van der Waals surface area contributed by atoms with Crippen LogP contribution < -0.4 is 9.47 Å². The van der Waals surface area contributed by atoms with Crippen molar-refractivity contribution in [3.63, 3.8) is 0 Å². The van der Waals surface area contributed by atoms with Crippen LogP contribution in [0.1, 0.15) is 43.0 Å². The summed E-state index contributed by atoms with van der Waals surface area (Å²) in [6, 6.07) is 12.0. The van der Waals surface area contributed by atoms with Gasteiger partial charge in [-0.1, -0.05) is 12.1 Å². The van der Waals surface area contributed by atoms with E-state index in [0.29, 0.717) is 37.4 Å². The van der Waals surface area contributed by atoms with Gasteiger partial charge in [-0.25, -0.2) is 4.98 Å². The van der Waals surface area contributed by atoms with Crippen LogP contribution in [0.25, 0.3) is 5.76 Å². The maximum absolute atomic E-state index is 13.3. The third kappa shape index (κ3) is 4.46. The van der Waals surface area contributed by atoms with Crippen molar-refractivity contribution in [3.8, 4) is 11.5 Å². The van der Waals surface area contributed by atoms with Gasteiger partial charge in [-0.05, 0) is 61.7 Å². The van der Waals surface area contributed by atoms with Crippen LogP contribution in [0.4, 0.5) is 0 Å². The quantitative estimate of drug-likeness (QED) is 0.292. The zero-order valence-corrected chi connectivity index (χ0v) is 20.4. The van der Waals surface area contributed by atoms with Crippen LogP contribution in [0.2, 0.25) is 0 Å². The highest BCUT2D eigenvalue weighted by Gasteiger charge is 2.45. The van der Waals surface area contributed by atoms with Crippen LogP contribution in [0.5, 0.6) is 11.5 Å². The van der Waals surface area contributed by atoms with E-state index in [4.69, 9.17) is 9.47 Å². The topological polar surface area (TPSA) is 93.9 Å². The monoisotopic (exact) mass is 487 g/mol. The molecule has 3 heterocycles. The molecule has 2 atom stereocenters. The van der Waals surface area contributed by atoms with Crippen LogP contribution in [0, 0.1) is 0 Å². The molecule has 3 aromatic rings. The summed E-state index contributed by atoms with van der Waals surface area (Å²) in [5, 5.41) is 11.4. The molecule has 0 spiro atoms. The first-order valence-corrected chi connectivity index (χ1v) is 12.2. The molecule has 0 radical (unpaired) electrons. The Hall–Kier alpha value is -4.07. The summed E-state index contributed by atoms with van der Waals surface area (Å²) in [5.41, 5.74) is 2.30. The maximum Gasteiger partial charge on any atom is 0.295 e. The van der Waals surface area contributed by atoms with Crippen molar-refractivity contribution in [2.45, 2.75) is 45.4 Å². The van der Waals surface area contributed by atoms with Gasteiger partial charge in [0.05, 0.1) is 24.5 Å². The number of fused-ring (bicyclic) bond motifs is 1. The predicted molar refractivity (Wildman–Crippen MR) is 134 cm³/mol. The fourth-order valence-electron chi connectivity index (χ4n) is 4.94. The summed E-state index contributed by atoms with van der Waals surface area (Å²) >= 11 is 0. The summed E-state index contributed by atoms with van der Waals surface area (Å²) < 4.78 is 13.3. The van der Waals surface area contributed by atoms with E-state index in [2.05, 4.69) is 4.98 Å². The lowest BCUT2D eigenvalue weighted by atomic mass is 9.94. The van der Waals surface area contributed by atoms with Gasteiger partial charge < -0.3 is 24.0 Å². The molecule has 8 heteroatoms. The van der Waals surface area contributed by atoms with Crippen molar-refractivity contribution < 1.29 is 24.2 Å². The van der Waals surface area contributed by atoms with Crippen LogP contribution >= 0.6 is 0 Å². The van der Waals surface area contributed by atoms with E-state index in [-0.39, 0.29) is 17.4 Å². The molecule has 0 bridgehead atoms. The average Bonchev–Trinajstić information content (AvgIpc) is 3.58. The number of benzene rings is 2. The number of aromatic nitrogens is 2. The number of likely N-dealkylation sites (tertiary alicyclic amines) is 1. The number of carbonyl (C=O) groups excluding carboxylic acids is 2. The lowest BCUT2D eigenvalue weighted by molar-refractivity contribution is -0.139. The highest BCUT2D eigenvalue weighted by Crippen LogP contribution is 2.41. The van der Waals surface area contributed by atoms with Crippen molar-refractivity contribution in [2.24, 2.45) is 0 Å². The molecule has 1 N–H and O–H groups in total. The number of carbonyl (C=O) groups is 2. The first-order valence-electron chi connectivity index (χ1n) is 12.2. The number of hydrogen-bond acceptors (Lipinski definition) is 6. The van der Waals surface area contributed by atoms with Gasteiger partial charge in [0, 0.05) is 37.5 Å². The maximum atomic E-state index is 13.3. The van der Waals surface area contributed by atoms with Gasteiger partial charge in [-0.2, -0.15) is 0 Å². The van der Waals surface area contributed by atoms with Crippen LogP contribution in [-0.4, -0.2) is 50.5 Å². The van der Waals surface area contributed by atoms with Crippen LogP contribution in [-0.2, 0) is 22.6 Å². The van der Waals surface area contributed by atoms with Gasteiger partial charge in [0.15, 0.2) is 0 Å². The number of amides is 1. The van der Waals surface area contributed by atoms with Gasteiger partial charge in [0.2, 0.25) is 0 Å². The van der Waals surface area contributed by atoms with Crippen molar-refractivity contribution in [3.05, 3.63) is 83.4 Å². The third-order valence-corrected chi connectivity index (χ3v) is 6.59. The molecule has 8 nitrogen and oxygen atoms in total. The minimum absolute atomic E-state index is 0.0577. The van der Waals surface area contributed by atoms with Crippen LogP contribution in [0.15, 0.2) is 66.8 Å². The number of ether oxygens (including phenoxy) is 2. The number of hydrogen-bond donors (Lipinski definition) is 1. The van der Waals surface area contributed by atoms with Gasteiger partial charge in [-0.3, -0.25) is 9.59 Å². The van der Waals surface area contributed by atoms with E-state index in [1.54, 1.807) is 29.6 Å². The largest absolute Gasteiger partial charge is 0.507 e. The van der Waals surface area contributed by atoms with Gasteiger partial charge >= 0.3 is 0 Å². The van der Waals surface area contributed by atoms with E-state index in [1.807, 2.05) is 54.9 Å². The SMILES string of the molecule is CCOc1ccc([C@@H]2C(=C(O)c3ccc4c(c3)C[C@@H](C)O4)C(=O)C(=O)N2CCCn2ccnc2)cc1. The Morgan fingerprint density at radius 3 is 2.69 bits per heavy atom. The molecule has 1 fully saturated rings. The number of ketones is 1. The first kappa shape index (κ1) is 23.7. The standard InChI is InChI=1S/C28H29N3O5/c1-3-35-22-8-5-19(6-9-22)25-24(26(32)20-7-10-23-21(16-20)15-18(2)36-23)27(33)28(34)31(25)13-4-12-30-14-11-29-17-30/h5-11,14,16-18,25,32H,3-4,12-13,15H2,1-2H3/t18-,25-/m1/s1. The molecular formula is C28H29N3O5. The zero-order chi connectivity index (χ0) is 25.2. The second-order valence-corrected chi connectivity index (χ2v) is 9.10. The second kappa shape index (κ2) is 9.89. The Kier molecular flexibility index (Phi) is 6.50. The van der Waals surface area contributed by atoms with Crippen molar-refractivity contribution in [2.75, 3.05) is 13.2 Å². The minimum Gasteiger partial charge on any atom is -0.507 e. The van der Waals surface area contributed by atoms with E-state index in [0.717, 1.165) is 23.3 Å². The van der Waals surface area contributed by atoms with E-state index in [9.17, 15) is 14.7 Å². The summed E-state index contributed by atoms with van der Waals surface area (Å²) in [6.07, 6.45) is 6.69. The van der Waals surface area contributed by atoms with Gasteiger partial charge in [0.1, 0.15) is 23.4 Å². The molecule has 36 heavy (non-hydrogen) atoms. The third-order valence-electron chi connectivity index (χ3n) is 6.59. The van der Waals surface area contributed by atoms with E-state index < -0.39 is 17.7 Å². The number of aryl methyl sites for hydroxylation is 1. The zero-order valence-electron chi connectivity index (χ0n) is 20.4. The number of Topliss-reactive ketones (excluding diaryl/α,β-unsaturated/α-hetero) is 1. The molecule has 0 saturated carbocycles. The van der Waals surface area contributed by atoms with Crippen molar-refractivity contribution >= 4 is 17.4 Å². The predicted octanol–water partition coefficient (Wildman–Crippen LogP) is 4.12. The lowest BCUT2D eigenvalue weighted by Gasteiger charge is -2.25. The van der Waals surface area contributed by atoms with Crippen molar-refractivity contribution in [1.29, 1.82) is 0 Å². The average molecular weight is 488 g/mol. The molecule has 0 unspecified atom stereocenters. The summed E-state index contributed by atoms with van der Waals surface area (Å²) in [7, 11) is 0. The molecular weight excluding hydrogens is 458 g/mol. The smallest absolute Gasteiger partial charge is 0.295 e. The van der Waals surface area contributed by atoms with Crippen molar-refractivity contribution in [1.82, 2.24) is 14.5 Å². The Labute approximate surface area is 209 Å². The number of nitrogens with zero attached hydrogens (tertiary/aromatic N) is 3. The Morgan fingerprint density at radius 1 is 1.17 bits per heavy atom. The molecule has 2 aromatic carbocycles. The molecule has 1 saturated heterocycles. The Balaban J connectivity index is 1.52. The first-order chi connectivity index (χ1) is 17.5. The highest BCUT2D eigenvalue weighted by molar-refractivity contribution is 6.46. The molecule has 0 aliphatic carbocycles. The molecule has 1 aromatic heterocycles. The Bertz CT molecular complexity index is 1300. The van der Waals surface area contributed by atoms with Crippen LogP contribution in [0.3, 0.4) is 0 Å². The van der Waals surface area contributed by atoms with E-state index >= 15 is 0 Å². The fourth-order valence-corrected chi connectivity index (χ4v) is 4.94. The molecule has 5 rings (SSSR count). The number of aliphatic hydroxyl groups excluding tert-OH is 1. The number of aliphatic hydroxyl groups is 1. The fraction of sp³-hybridized carbons (Fsp3) is 0.321. The highest BCUT2D eigenvalue weighted by atomic mass is 16.5.